The van der Waals surface area contributed by atoms with Crippen LogP contribution in [0.3, 0.4) is 0 Å². The lowest BCUT2D eigenvalue weighted by Gasteiger charge is -2.16. The van der Waals surface area contributed by atoms with Crippen molar-refractivity contribution in [1.29, 1.82) is 0 Å². The molecule has 4 heteroatoms. The number of carbonyl (C=O) groups excluding carboxylic acids is 1. The van der Waals surface area contributed by atoms with E-state index in [0.29, 0.717) is 0 Å². The molecule has 0 saturated heterocycles. The molecule has 0 amide bonds. The van der Waals surface area contributed by atoms with Gasteiger partial charge in [-0.2, -0.15) is 0 Å². The van der Waals surface area contributed by atoms with Crippen LogP contribution < -0.4 is 0 Å². The van der Waals surface area contributed by atoms with Crippen LogP contribution in [-0.4, -0.2) is 23.1 Å². The van der Waals surface area contributed by atoms with Gasteiger partial charge in [0.05, 0.1) is 0 Å². The molecule has 0 fully saturated rings. The molecule has 0 aromatic heterocycles. The molecule has 1 unspecified atom stereocenters. The number of aliphatic carboxylic acids is 1. The van der Waals surface area contributed by atoms with Crippen LogP contribution >= 0.6 is 0 Å². The molecule has 0 aliphatic carbocycles. The number of hydrogen-bond donors (Lipinski definition) is 1. The SMILES string of the molecule is CCCCC/C=C\CCC(CCCCCCCC(=O)O)OC(C)=O. The molecular formula is C20H36O4. The first-order chi connectivity index (χ1) is 11.6. The summed E-state index contributed by atoms with van der Waals surface area (Å²) in [4.78, 5) is 21.6. The maximum Gasteiger partial charge on any atom is 0.303 e. The molecule has 0 heterocycles. The smallest absolute Gasteiger partial charge is 0.303 e. The van der Waals surface area contributed by atoms with E-state index in [0.717, 1.165) is 57.8 Å². The van der Waals surface area contributed by atoms with Crippen molar-refractivity contribution in [3.8, 4) is 0 Å². The van der Waals surface area contributed by atoms with E-state index < -0.39 is 5.97 Å². The zero-order valence-corrected chi connectivity index (χ0v) is 15.6. The minimum absolute atomic E-state index is 0.0156. The van der Waals surface area contributed by atoms with Crippen molar-refractivity contribution in [1.82, 2.24) is 0 Å². The monoisotopic (exact) mass is 340 g/mol. The number of hydrogen-bond acceptors (Lipinski definition) is 3. The third-order valence-corrected chi connectivity index (χ3v) is 4.05. The summed E-state index contributed by atoms with van der Waals surface area (Å²) >= 11 is 0. The number of unbranched alkanes of at least 4 members (excludes halogenated alkanes) is 7. The maximum atomic E-state index is 11.2. The Labute approximate surface area is 147 Å². The average Bonchev–Trinajstić information content (AvgIpc) is 2.52. The van der Waals surface area contributed by atoms with E-state index in [9.17, 15) is 9.59 Å². The third-order valence-electron chi connectivity index (χ3n) is 4.05. The van der Waals surface area contributed by atoms with Crippen LogP contribution in [0.5, 0.6) is 0 Å². The number of ether oxygens (including phenoxy) is 1. The van der Waals surface area contributed by atoms with Crippen LogP contribution in [-0.2, 0) is 14.3 Å². The van der Waals surface area contributed by atoms with Gasteiger partial charge in [-0.05, 0) is 44.9 Å². The van der Waals surface area contributed by atoms with Crippen molar-refractivity contribution in [3.63, 3.8) is 0 Å². The normalized spacial score (nSPS) is 12.4. The minimum Gasteiger partial charge on any atom is -0.481 e. The molecule has 24 heavy (non-hydrogen) atoms. The molecule has 1 N–H and O–H groups in total. The van der Waals surface area contributed by atoms with Crippen molar-refractivity contribution < 1.29 is 19.4 Å². The molecule has 0 aromatic carbocycles. The van der Waals surface area contributed by atoms with E-state index in [4.69, 9.17) is 9.84 Å². The van der Waals surface area contributed by atoms with E-state index in [-0.39, 0.29) is 18.5 Å². The van der Waals surface area contributed by atoms with Crippen molar-refractivity contribution >= 4 is 11.9 Å². The number of allylic oxidation sites excluding steroid dienone is 2. The first-order valence-electron chi connectivity index (χ1n) is 9.60. The van der Waals surface area contributed by atoms with Gasteiger partial charge in [0.2, 0.25) is 0 Å². The van der Waals surface area contributed by atoms with Gasteiger partial charge in [-0.1, -0.05) is 51.2 Å². The summed E-state index contributed by atoms with van der Waals surface area (Å²) in [5.74, 6) is -0.916. The van der Waals surface area contributed by atoms with Crippen molar-refractivity contribution in [2.24, 2.45) is 0 Å². The van der Waals surface area contributed by atoms with Gasteiger partial charge in [-0.3, -0.25) is 9.59 Å². The quantitative estimate of drug-likeness (QED) is 0.224. The molecule has 0 aliphatic heterocycles. The zero-order valence-electron chi connectivity index (χ0n) is 15.6. The number of esters is 1. The van der Waals surface area contributed by atoms with Crippen molar-refractivity contribution in [2.45, 2.75) is 103 Å². The fourth-order valence-corrected chi connectivity index (χ4v) is 2.71. The van der Waals surface area contributed by atoms with Crippen LogP contribution in [0, 0.1) is 0 Å². The highest BCUT2D eigenvalue weighted by molar-refractivity contribution is 5.66. The summed E-state index contributed by atoms with van der Waals surface area (Å²) in [6.07, 6.45) is 17.3. The molecule has 0 spiro atoms. The second-order valence-corrected chi connectivity index (χ2v) is 6.48. The predicted octanol–water partition coefficient (Wildman–Crippen LogP) is 5.65. The van der Waals surface area contributed by atoms with Gasteiger partial charge in [0.25, 0.3) is 0 Å². The predicted molar refractivity (Wildman–Crippen MR) is 98.0 cm³/mol. The Morgan fingerprint density at radius 2 is 1.58 bits per heavy atom. The number of carboxylic acid groups (broad SMARTS) is 1. The van der Waals surface area contributed by atoms with Crippen LogP contribution in [0.1, 0.15) is 97.3 Å². The fourth-order valence-electron chi connectivity index (χ4n) is 2.71. The molecule has 140 valence electrons. The number of carboxylic acids is 1. The number of carbonyl (C=O) groups is 2. The van der Waals surface area contributed by atoms with E-state index in [1.165, 1.54) is 26.2 Å². The minimum atomic E-state index is -0.715. The van der Waals surface area contributed by atoms with Gasteiger partial charge in [0.1, 0.15) is 6.10 Å². The zero-order chi connectivity index (χ0) is 18.0. The summed E-state index contributed by atoms with van der Waals surface area (Å²) in [5, 5.41) is 8.58. The maximum absolute atomic E-state index is 11.2. The van der Waals surface area contributed by atoms with Crippen LogP contribution in [0.4, 0.5) is 0 Å². The summed E-state index contributed by atoms with van der Waals surface area (Å²) < 4.78 is 5.40. The molecule has 4 nitrogen and oxygen atoms in total. The molecule has 0 aliphatic rings. The van der Waals surface area contributed by atoms with Crippen LogP contribution in [0.15, 0.2) is 12.2 Å². The molecule has 0 radical (unpaired) electrons. The van der Waals surface area contributed by atoms with E-state index in [2.05, 4.69) is 19.1 Å². The molecule has 0 saturated carbocycles. The summed E-state index contributed by atoms with van der Waals surface area (Å²) in [7, 11) is 0. The highest BCUT2D eigenvalue weighted by atomic mass is 16.5. The van der Waals surface area contributed by atoms with Gasteiger partial charge in [0.15, 0.2) is 0 Å². The van der Waals surface area contributed by atoms with Gasteiger partial charge in [0, 0.05) is 13.3 Å². The van der Waals surface area contributed by atoms with E-state index in [1.54, 1.807) is 0 Å². The molecular weight excluding hydrogens is 304 g/mol. The highest BCUT2D eigenvalue weighted by Crippen LogP contribution is 2.15. The summed E-state index contributed by atoms with van der Waals surface area (Å²) in [5.41, 5.74) is 0. The van der Waals surface area contributed by atoms with Gasteiger partial charge in [-0.15, -0.1) is 0 Å². The van der Waals surface area contributed by atoms with E-state index >= 15 is 0 Å². The van der Waals surface area contributed by atoms with Crippen LogP contribution in [0.2, 0.25) is 0 Å². The number of rotatable bonds is 16. The largest absolute Gasteiger partial charge is 0.481 e. The first-order valence-corrected chi connectivity index (χ1v) is 9.60. The highest BCUT2D eigenvalue weighted by Gasteiger charge is 2.10. The average molecular weight is 341 g/mol. The molecule has 0 rings (SSSR count). The Kier molecular flexibility index (Phi) is 15.6. The Bertz CT molecular complexity index is 350. The second kappa shape index (κ2) is 16.5. The lowest BCUT2D eigenvalue weighted by molar-refractivity contribution is -0.147. The van der Waals surface area contributed by atoms with Crippen molar-refractivity contribution in [2.75, 3.05) is 0 Å². The van der Waals surface area contributed by atoms with E-state index in [1.807, 2.05) is 0 Å². The first kappa shape index (κ1) is 22.7. The van der Waals surface area contributed by atoms with Crippen molar-refractivity contribution in [3.05, 3.63) is 12.2 Å². The Morgan fingerprint density at radius 3 is 2.25 bits per heavy atom. The van der Waals surface area contributed by atoms with Gasteiger partial charge in [-0.25, -0.2) is 0 Å². The fraction of sp³-hybridized carbons (Fsp3) is 0.800. The molecule has 1 atom stereocenters. The standard InChI is InChI=1S/C20H36O4/c1-3-4-5-6-7-9-12-15-19(24-18(2)21)16-13-10-8-11-14-17-20(22)23/h7,9,19H,3-6,8,10-17H2,1-2H3,(H,22,23)/b9-7-. The lowest BCUT2D eigenvalue weighted by atomic mass is 10.0. The summed E-state index contributed by atoms with van der Waals surface area (Å²) in [6, 6.07) is 0. The summed E-state index contributed by atoms with van der Waals surface area (Å²) in [6.45, 7) is 3.68. The second-order valence-electron chi connectivity index (χ2n) is 6.48. The van der Waals surface area contributed by atoms with Crippen LogP contribution in [0.25, 0.3) is 0 Å². The molecule has 0 aromatic rings. The topological polar surface area (TPSA) is 63.6 Å². The van der Waals surface area contributed by atoms with Gasteiger partial charge < -0.3 is 9.84 Å². The molecule has 0 bridgehead atoms. The Hall–Kier alpha value is -1.32. The Balaban J connectivity index is 3.77. The van der Waals surface area contributed by atoms with Gasteiger partial charge >= 0.3 is 11.9 Å². The lowest BCUT2D eigenvalue weighted by Crippen LogP contribution is -2.16. The Morgan fingerprint density at radius 1 is 0.917 bits per heavy atom. The third kappa shape index (κ3) is 17.0.